The first-order valence-corrected chi connectivity index (χ1v) is 10.7. The van der Waals surface area contributed by atoms with Gasteiger partial charge in [0.25, 0.3) is 0 Å². The molecule has 2 amide bonds. The van der Waals surface area contributed by atoms with Gasteiger partial charge >= 0.3 is 0 Å². The third-order valence-corrected chi connectivity index (χ3v) is 7.36. The minimum atomic E-state index is -0.952. The van der Waals surface area contributed by atoms with Crippen molar-refractivity contribution in [1.29, 1.82) is 0 Å². The number of aromatic nitrogens is 1. The molecule has 160 valence electrons. The fourth-order valence-electron chi connectivity index (χ4n) is 6.41. The van der Waals surface area contributed by atoms with Gasteiger partial charge in [0.1, 0.15) is 5.82 Å². The van der Waals surface area contributed by atoms with Crippen LogP contribution in [-0.4, -0.2) is 37.3 Å². The first kappa shape index (κ1) is 19.3. The van der Waals surface area contributed by atoms with Crippen LogP contribution >= 0.6 is 0 Å². The quantitative estimate of drug-likeness (QED) is 0.473. The Hall–Kier alpha value is -3.35. The van der Waals surface area contributed by atoms with Crippen LogP contribution in [0.2, 0.25) is 0 Å². The summed E-state index contributed by atoms with van der Waals surface area (Å²) in [5.74, 6) is -1.55. The molecule has 1 fully saturated rings. The van der Waals surface area contributed by atoms with Crippen molar-refractivity contribution in [1.82, 2.24) is 4.98 Å². The molecule has 0 unspecified atom stereocenters. The van der Waals surface area contributed by atoms with Gasteiger partial charge in [-0.1, -0.05) is 54.6 Å². The molecule has 2 atom stereocenters. The van der Waals surface area contributed by atoms with Crippen molar-refractivity contribution in [3.05, 3.63) is 95.2 Å². The Kier molecular flexibility index (Phi) is 4.12. The molecule has 2 heterocycles. The number of carbonyl (C=O) groups is 2. The molecule has 32 heavy (non-hydrogen) atoms. The van der Waals surface area contributed by atoms with Crippen LogP contribution in [0.3, 0.4) is 0 Å². The molecule has 6 heteroatoms. The van der Waals surface area contributed by atoms with E-state index in [2.05, 4.69) is 17.1 Å². The highest BCUT2D eigenvalue weighted by Crippen LogP contribution is 2.65. The third kappa shape index (κ3) is 2.13. The monoisotopic (exact) mass is 426 g/mol. The zero-order valence-corrected chi connectivity index (χ0v) is 17.8. The molecule has 7 rings (SSSR count). The van der Waals surface area contributed by atoms with E-state index in [-0.39, 0.29) is 17.7 Å². The molecule has 6 nitrogen and oxygen atoms in total. The molecule has 0 spiro atoms. The van der Waals surface area contributed by atoms with Crippen LogP contribution in [-0.2, 0) is 24.5 Å². The molecule has 1 saturated heterocycles. The van der Waals surface area contributed by atoms with Crippen LogP contribution in [0.15, 0.2) is 72.9 Å². The van der Waals surface area contributed by atoms with E-state index in [0.717, 1.165) is 22.3 Å². The Morgan fingerprint density at radius 2 is 1.44 bits per heavy atom. The molecule has 4 aliphatic rings. The number of methoxy groups -OCH3 is 2. The Morgan fingerprint density at radius 3 is 2.00 bits per heavy atom. The second-order valence-electron chi connectivity index (χ2n) is 8.53. The minimum absolute atomic E-state index is 0.214. The van der Waals surface area contributed by atoms with Gasteiger partial charge in [-0.05, 0) is 34.4 Å². The van der Waals surface area contributed by atoms with E-state index >= 15 is 0 Å². The second kappa shape index (κ2) is 6.82. The van der Waals surface area contributed by atoms with Gasteiger partial charge < -0.3 is 9.47 Å². The van der Waals surface area contributed by atoms with Gasteiger partial charge in [0, 0.05) is 26.3 Å². The number of nitrogens with zero attached hydrogens (tertiary/aromatic N) is 2. The van der Waals surface area contributed by atoms with E-state index in [4.69, 9.17) is 9.47 Å². The van der Waals surface area contributed by atoms with Crippen LogP contribution in [0.1, 0.15) is 28.2 Å². The van der Waals surface area contributed by atoms with E-state index < -0.39 is 23.5 Å². The van der Waals surface area contributed by atoms with Gasteiger partial charge in [-0.15, -0.1) is 0 Å². The predicted molar refractivity (Wildman–Crippen MR) is 117 cm³/mol. The highest BCUT2D eigenvalue weighted by Gasteiger charge is 2.71. The summed E-state index contributed by atoms with van der Waals surface area (Å²) in [4.78, 5) is 33.5. The van der Waals surface area contributed by atoms with Crippen LogP contribution < -0.4 is 4.90 Å². The molecule has 3 aliphatic carbocycles. The lowest BCUT2D eigenvalue weighted by molar-refractivity contribution is -0.168. The zero-order valence-electron chi connectivity index (χ0n) is 17.8. The predicted octanol–water partition coefficient (Wildman–Crippen LogP) is 3.25. The molecule has 1 aromatic heterocycles. The van der Waals surface area contributed by atoms with E-state index in [1.54, 1.807) is 38.6 Å². The van der Waals surface area contributed by atoms with Crippen molar-refractivity contribution in [2.75, 3.05) is 19.1 Å². The lowest BCUT2D eigenvalue weighted by atomic mass is 9.47. The van der Waals surface area contributed by atoms with Crippen LogP contribution in [0.4, 0.5) is 5.82 Å². The fourth-order valence-corrected chi connectivity index (χ4v) is 6.41. The van der Waals surface area contributed by atoms with Crippen molar-refractivity contribution in [3.8, 4) is 0 Å². The molecular formula is C26H22N2O4. The lowest BCUT2D eigenvalue weighted by Gasteiger charge is -2.56. The van der Waals surface area contributed by atoms with Crippen molar-refractivity contribution in [3.63, 3.8) is 0 Å². The molecule has 0 radical (unpaired) electrons. The third-order valence-electron chi connectivity index (χ3n) is 7.36. The van der Waals surface area contributed by atoms with Crippen LogP contribution in [0, 0.1) is 11.8 Å². The molecule has 0 N–H and O–H groups in total. The van der Waals surface area contributed by atoms with Crippen molar-refractivity contribution >= 4 is 17.6 Å². The number of pyridine rings is 1. The van der Waals surface area contributed by atoms with E-state index in [9.17, 15) is 9.59 Å². The number of benzene rings is 2. The number of rotatable bonds is 4. The van der Waals surface area contributed by atoms with E-state index in [1.807, 2.05) is 36.4 Å². The topological polar surface area (TPSA) is 68.7 Å². The van der Waals surface area contributed by atoms with Crippen LogP contribution in [0.5, 0.6) is 0 Å². The van der Waals surface area contributed by atoms with E-state index in [0.29, 0.717) is 5.82 Å². The summed E-state index contributed by atoms with van der Waals surface area (Å²) in [6, 6.07) is 21.4. The molecular weight excluding hydrogens is 404 g/mol. The average molecular weight is 426 g/mol. The molecule has 2 bridgehead atoms. The van der Waals surface area contributed by atoms with Gasteiger partial charge in [-0.3, -0.25) is 9.59 Å². The number of hydrogen-bond acceptors (Lipinski definition) is 5. The number of ether oxygens (including phenoxy) is 2. The molecule has 1 aliphatic heterocycles. The summed E-state index contributed by atoms with van der Waals surface area (Å²) in [6.45, 7) is 0. The fraction of sp³-hybridized carbons (Fsp3) is 0.269. The Morgan fingerprint density at radius 1 is 0.844 bits per heavy atom. The van der Waals surface area contributed by atoms with Crippen molar-refractivity contribution in [2.45, 2.75) is 17.6 Å². The van der Waals surface area contributed by atoms with E-state index in [1.165, 1.54) is 4.90 Å². The summed E-state index contributed by atoms with van der Waals surface area (Å²) < 4.78 is 11.8. The minimum Gasteiger partial charge on any atom is -0.355 e. The smallest absolute Gasteiger partial charge is 0.240 e. The second-order valence-corrected chi connectivity index (χ2v) is 8.53. The Bertz CT molecular complexity index is 1190. The SMILES string of the molecule is COC(OC)C12c3ccccc3C(c3ccccc31)[C@H]1C(=O)N(c3ccccn3)C(=O)[C@H]12. The largest absolute Gasteiger partial charge is 0.355 e. The summed E-state index contributed by atoms with van der Waals surface area (Å²) in [7, 11) is 3.17. The van der Waals surface area contributed by atoms with Gasteiger partial charge in [0.15, 0.2) is 6.29 Å². The lowest BCUT2D eigenvalue weighted by Crippen LogP contribution is -2.60. The number of imide groups is 1. The molecule has 3 aromatic rings. The Labute approximate surface area is 185 Å². The maximum Gasteiger partial charge on any atom is 0.240 e. The highest BCUT2D eigenvalue weighted by atomic mass is 16.7. The van der Waals surface area contributed by atoms with Crippen molar-refractivity contribution in [2.24, 2.45) is 11.8 Å². The van der Waals surface area contributed by atoms with Crippen LogP contribution in [0.25, 0.3) is 0 Å². The summed E-state index contributed by atoms with van der Waals surface area (Å²) in [6.07, 6.45) is 0.845. The molecule has 2 aromatic carbocycles. The first-order chi connectivity index (χ1) is 15.7. The van der Waals surface area contributed by atoms with Gasteiger partial charge in [0.2, 0.25) is 11.8 Å². The summed E-state index contributed by atoms with van der Waals surface area (Å²) in [5.41, 5.74) is 3.13. The maximum atomic E-state index is 14.1. The summed E-state index contributed by atoms with van der Waals surface area (Å²) >= 11 is 0. The average Bonchev–Trinajstić information content (AvgIpc) is 3.11. The van der Waals surface area contributed by atoms with Gasteiger partial charge in [-0.25, -0.2) is 9.88 Å². The standard InChI is InChI=1S/C26H22N2O4/c1-31-25(32-2)26-17-11-5-3-9-15(17)20(16-10-4-6-12-18(16)26)21-22(26)24(30)28(23(21)29)19-13-7-8-14-27-19/h3-14,20-22,25H,1-2H3/t20?,21-,22+,26?/m1/s1. The van der Waals surface area contributed by atoms with Gasteiger partial charge in [0.05, 0.1) is 17.3 Å². The normalized spacial score (nSPS) is 27.5. The molecule has 0 saturated carbocycles. The number of anilines is 1. The number of amides is 2. The first-order valence-electron chi connectivity index (χ1n) is 10.7. The number of hydrogen-bond donors (Lipinski definition) is 0. The number of carbonyl (C=O) groups excluding carboxylic acids is 2. The maximum absolute atomic E-state index is 14.1. The summed E-state index contributed by atoms with van der Waals surface area (Å²) in [5, 5.41) is 0. The zero-order chi connectivity index (χ0) is 22.0. The highest BCUT2D eigenvalue weighted by molar-refractivity contribution is 6.23. The van der Waals surface area contributed by atoms with Crippen molar-refractivity contribution < 1.29 is 19.1 Å². The Balaban J connectivity index is 1.69. The van der Waals surface area contributed by atoms with Gasteiger partial charge in [-0.2, -0.15) is 0 Å².